The van der Waals surface area contributed by atoms with Crippen molar-refractivity contribution in [1.29, 1.82) is 0 Å². The first-order valence-corrected chi connectivity index (χ1v) is 8.17. The second-order valence-corrected chi connectivity index (χ2v) is 6.85. The number of hydrogen-bond acceptors (Lipinski definition) is 3. The number of benzene rings is 1. The van der Waals surface area contributed by atoms with E-state index < -0.39 is 0 Å². The van der Waals surface area contributed by atoms with Crippen molar-refractivity contribution in [2.24, 2.45) is 11.8 Å². The van der Waals surface area contributed by atoms with Crippen LogP contribution in [-0.4, -0.2) is 37.0 Å². The number of nitrogens with one attached hydrogen (secondary N) is 1. The molecule has 0 spiro atoms. The molecule has 1 amide bonds. The van der Waals surface area contributed by atoms with E-state index in [1.54, 1.807) is 25.3 Å². The summed E-state index contributed by atoms with van der Waals surface area (Å²) < 4.78 is 5.27. The zero-order chi connectivity index (χ0) is 16.3. The summed E-state index contributed by atoms with van der Waals surface area (Å²) in [5.41, 5.74) is 0.616. The van der Waals surface area contributed by atoms with Crippen LogP contribution < -0.4 is 10.1 Å². The Morgan fingerprint density at radius 2 is 2.00 bits per heavy atom. The second kappa shape index (κ2) is 7.34. The minimum absolute atomic E-state index is 0.0260. The van der Waals surface area contributed by atoms with Crippen LogP contribution in [0.25, 0.3) is 0 Å². The molecule has 4 nitrogen and oxygen atoms in total. The number of anilines is 1. The third-order valence-electron chi connectivity index (χ3n) is 4.24. The van der Waals surface area contributed by atoms with Gasteiger partial charge in [-0.15, -0.1) is 0 Å². The van der Waals surface area contributed by atoms with Gasteiger partial charge < -0.3 is 10.1 Å². The molecule has 1 aliphatic rings. The number of rotatable bonds is 4. The lowest BCUT2D eigenvalue weighted by atomic mass is 9.91. The fraction of sp³-hybridized carbons (Fsp3) is 0.588. The smallest absolute Gasteiger partial charge is 0.241 e. The van der Waals surface area contributed by atoms with Crippen LogP contribution in [0.4, 0.5) is 5.69 Å². The summed E-state index contributed by atoms with van der Waals surface area (Å²) >= 11 is 6.01. The highest BCUT2D eigenvalue weighted by Crippen LogP contribution is 2.28. The zero-order valence-corrected chi connectivity index (χ0v) is 14.5. The average molecular weight is 325 g/mol. The molecule has 2 rings (SSSR count). The summed E-state index contributed by atoms with van der Waals surface area (Å²) in [5, 5.41) is 3.51. The van der Waals surface area contributed by atoms with E-state index in [1.807, 2.05) is 6.92 Å². The second-order valence-electron chi connectivity index (χ2n) is 6.41. The first-order valence-electron chi connectivity index (χ1n) is 7.79. The number of halogens is 1. The number of amides is 1. The topological polar surface area (TPSA) is 41.6 Å². The Bertz CT molecular complexity index is 525. The third-order valence-corrected chi connectivity index (χ3v) is 4.48. The molecule has 22 heavy (non-hydrogen) atoms. The summed E-state index contributed by atoms with van der Waals surface area (Å²) in [6, 6.07) is 5.04. The molecule has 0 bridgehead atoms. The fourth-order valence-corrected chi connectivity index (χ4v) is 3.38. The van der Waals surface area contributed by atoms with Crippen molar-refractivity contribution >= 4 is 23.2 Å². The summed E-state index contributed by atoms with van der Waals surface area (Å²) in [6.45, 7) is 8.37. The number of carbonyl (C=O) groups is 1. The Kier molecular flexibility index (Phi) is 5.70. The van der Waals surface area contributed by atoms with E-state index in [4.69, 9.17) is 16.3 Å². The number of piperidine rings is 1. The highest BCUT2D eigenvalue weighted by Gasteiger charge is 2.29. The van der Waals surface area contributed by atoms with E-state index in [9.17, 15) is 4.79 Å². The van der Waals surface area contributed by atoms with Crippen molar-refractivity contribution in [3.05, 3.63) is 23.2 Å². The van der Waals surface area contributed by atoms with Crippen LogP contribution in [0, 0.1) is 11.8 Å². The summed E-state index contributed by atoms with van der Waals surface area (Å²) in [6.07, 6.45) is 1.23. The number of ether oxygens (including phenoxy) is 1. The number of nitrogens with zero attached hydrogens (tertiary/aromatic N) is 1. The lowest BCUT2D eigenvalue weighted by Crippen LogP contribution is -2.48. The van der Waals surface area contributed by atoms with Crippen molar-refractivity contribution in [3.63, 3.8) is 0 Å². The van der Waals surface area contributed by atoms with Gasteiger partial charge in [-0.05, 0) is 43.4 Å². The van der Waals surface area contributed by atoms with Crippen LogP contribution in [-0.2, 0) is 4.79 Å². The van der Waals surface area contributed by atoms with E-state index in [0.29, 0.717) is 28.3 Å². The largest absolute Gasteiger partial charge is 0.495 e. The summed E-state index contributed by atoms with van der Waals surface area (Å²) in [7, 11) is 1.58. The van der Waals surface area contributed by atoms with Crippen LogP contribution in [0.1, 0.15) is 27.2 Å². The Balaban J connectivity index is 2.07. The molecule has 1 aliphatic heterocycles. The van der Waals surface area contributed by atoms with Gasteiger partial charge >= 0.3 is 0 Å². The maximum Gasteiger partial charge on any atom is 0.241 e. The van der Waals surface area contributed by atoms with Crippen LogP contribution in [0.5, 0.6) is 5.75 Å². The third kappa shape index (κ3) is 4.14. The summed E-state index contributed by atoms with van der Waals surface area (Å²) in [5.74, 6) is 1.84. The molecule has 1 saturated heterocycles. The molecule has 0 aromatic heterocycles. The maximum atomic E-state index is 12.6. The highest BCUT2D eigenvalue weighted by atomic mass is 35.5. The Hall–Kier alpha value is -1.26. The van der Waals surface area contributed by atoms with E-state index >= 15 is 0 Å². The normalized spacial score (nSPS) is 23.9. The molecule has 1 heterocycles. The van der Waals surface area contributed by atoms with Crippen LogP contribution in [0.2, 0.25) is 5.02 Å². The molecule has 1 N–H and O–H groups in total. The Morgan fingerprint density at radius 3 is 2.59 bits per heavy atom. The van der Waals surface area contributed by atoms with Gasteiger partial charge in [-0.1, -0.05) is 25.4 Å². The van der Waals surface area contributed by atoms with Crippen molar-refractivity contribution in [3.8, 4) is 5.75 Å². The molecule has 0 radical (unpaired) electrons. The van der Waals surface area contributed by atoms with Crippen molar-refractivity contribution in [2.75, 3.05) is 25.5 Å². The minimum atomic E-state index is -0.172. The van der Waals surface area contributed by atoms with Crippen molar-refractivity contribution in [1.82, 2.24) is 4.90 Å². The minimum Gasteiger partial charge on any atom is -0.495 e. The fourth-order valence-electron chi connectivity index (χ4n) is 3.21. The Morgan fingerprint density at radius 1 is 1.36 bits per heavy atom. The molecule has 3 atom stereocenters. The molecule has 0 aliphatic carbocycles. The van der Waals surface area contributed by atoms with Crippen LogP contribution >= 0.6 is 11.6 Å². The van der Waals surface area contributed by atoms with Gasteiger partial charge in [0.1, 0.15) is 5.75 Å². The molecule has 1 fully saturated rings. The van der Waals surface area contributed by atoms with Crippen LogP contribution in [0.3, 0.4) is 0 Å². The molecule has 1 aromatic rings. The van der Waals surface area contributed by atoms with Gasteiger partial charge in [0, 0.05) is 18.1 Å². The van der Waals surface area contributed by atoms with Gasteiger partial charge in [-0.2, -0.15) is 0 Å². The molecule has 122 valence electrons. The quantitative estimate of drug-likeness (QED) is 0.919. The number of likely N-dealkylation sites (tertiary alicyclic amines) is 1. The number of methoxy groups -OCH3 is 1. The lowest BCUT2D eigenvalue weighted by Gasteiger charge is -2.38. The van der Waals surface area contributed by atoms with Gasteiger partial charge in [0.15, 0.2) is 0 Å². The van der Waals surface area contributed by atoms with Gasteiger partial charge in [0.05, 0.1) is 18.8 Å². The summed E-state index contributed by atoms with van der Waals surface area (Å²) in [4.78, 5) is 14.8. The maximum absolute atomic E-state index is 12.6. The number of carbonyl (C=O) groups excluding carboxylic acids is 1. The van der Waals surface area contributed by atoms with Gasteiger partial charge in [-0.3, -0.25) is 9.69 Å². The predicted molar refractivity (Wildman–Crippen MR) is 90.6 cm³/mol. The molecule has 3 unspecified atom stereocenters. The van der Waals surface area contributed by atoms with E-state index in [-0.39, 0.29) is 11.9 Å². The van der Waals surface area contributed by atoms with E-state index in [0.717, 1.165) is 13.1 Å². The first kappa shape index (κ1) is 17.1. The Labute approximate surface area is 137 Å². The standard InChI is InChI=1S/C17H25ClN2O2/c1-11-7-12(2)10-20(9-11)13(3)17(21)19-15-8-14(18)5-6-16(15)22-4/h5-6,8,11-13H,7,9-10H2,1-4H3,(H,19,21). The van der Waals surface area contributed by atoms with Crippen LogP contribution in [0.15, 0.2) is 18.2 Å². The first-order chi connectivity index (χ1) is 10.4. The monoisotopic (exact) mass is 324 g/mol. The van der Waals surface area contributed by atoms with Crippen molar-refractivity contribution in [2.45, 2.75) is 33.2 Å². The lowest BCUT2D eigenvalue weighted by molar-refractivity contribution is -0.121. The van der Waals surface area contributed by atoms with E-state index in [2.05, 4.69) is 24.1 Å². The van der Waals surface area contributed by atoms with Gasteiger partial charge in [0.25, 0.3) is 0 Å². The molecule has 1 aromatic carbocycles. The average Bonchev–Trinajstić information content (AvgIpc) is 2.45. The van der Waals surface area contributed by atoms with Crippen molar-refractivity contribution < 1.29 is 9.53 Å². The zero-order valence-electron chi connectivity index (χ0n) is 13.7. The highest BCUT2D eigenvalue weighted by molar-refractivity contribution is 6.31. The molecular formula is C17H25ClN2O2. The predicted octanol–water partition coefficient (Wildman–Crippen LogP) is 3.65. The SMILES string of the molecule is COc1ccc(Cl)cc1NC(=O)C(C)N1CC(C)CC(C)C1. The molecule has 5 heteroatoms. The van der Waals surface area contributed by atoms with E-state index in [1.165, 1.54) is 6.42 Å². The van der Waals surface area contributed by atoms with Gasteiger partial charge in [-0.25, -0.2) is 0 Å². The molecular weight excluding hydrogens is 300 g/mol. The molecule has 0 saturated carbocycles. The van der Waals surface area contributed by atoms with Gasteiger partial charge in [0.2, 0.25) is 5.91 Å². The number of hydrogen-bond donors (Lipinski definition) is 1.